The molecular formula is C18H20N2S. The summed E-state index contributed by atoms with van der Waals surface area (Å²) < 4.78 is 0. The largest absolute Gasteiger partial charge is 0.389 e. The summed E-state index contributed by atoms with van der Waals surface area (Å²) >= 11 is 5.19. The highest BCUT2D eigenvalue weighted by Gasteiger charge is 2.21. The zero-order chi connectivity index (χ0) is 14.8. The van der Waals surface area contributed by atoms with E-state index in [0.717, 1.165) is 17.7 Å². The second-order valence-corrected chi connectivity index (χ2v) is 6.09. The predicted octanol–water partition coefficient (Wildman–Crippen LogP) is 4.12. The molecule has 0 heterocycles. The van der Waals surface area contributed by atoms with Gasteiger partial charge in [-0.3, -0.25) is 0 Å². The van der Waals surface area contributed by atoms with Crippen LogP contribution in [0.2, 0.25) is 0 Å². The van der Waals surface area contributed by atoms with Crippen molar-refractivity contribution in [2.75, 3.05) is 5.32 Å². The molecule has 1 aliphatic rings. The fourth-order valence-corrected chi connectivity index (χ4v) is 3.31. The lowest BCUT2D eigenvalue weighted by atomic mass is 9.87. The molecule has 1 atom stereocenters. The zero-order valence-corrected chi connectivity index (χ0v) is 13.0. The van der Waals surface area contributed by atoms with Crippen molar-refractivity contribution in [2.24, 2.45) is 5.73 Å². The Labute approximate surface area is 131 Å². The number of nitrogens with one attached hydrogen (secondary N) is 1. The number of para-hydroxylation sites is 1. The molecule has 108 valence electrons. The van der Waals surface area contributed by atoms with Gasteiger partial charge >= 0.3 is 0 Å². The van der Waals surface area contributed by atoms with Gasteiger partial charge in [0.15, 0.2) is 0 Å². The second kappa shape index (κ2) is 5.86. The van der Waals surface area contributed by atoms with E-state index in [1.165, 1.54) is 29.5 Å². The quantitative estimate of drug-likeness (QED) is 0.837. The van der Waals surface area contributed by atoms with Gasteiger partial charge in [0.25, 0.3) is 0 Å². The summed E-state index contributed by atoms with van der Waals surface area (Å²) in [5.74, 6) is 0. The van der Waals surface area contributed by atoms with E-state index in [1.807, 2.05) is 12.1 Å². The second-order valence-electron chi connectivity index (χ2n) is 5.65. The number of nitrogens with two attached hydrogens (primary N) is 1. The molecule has 0 fully saturated rings. The van der Waals surface area contributed by atoms with Crippen LogP contribution in [0.5, 0.6) is 0 Å². The summed E-state index contributed by atoms with van der Waals surface area (Å²) in [6.45, 7) is 2.10. The molecular weight excluding hydrogens is 276 g/mol. The molecule has 1 unspecified atom stereocenters. The van der Waals surface area contributed by atoms with Crippen LogP contribution in [0.1, 0.15) is 41.1 Å². The van der Waals surface area contributed by atoms with Crippen LogP contribution in [-0.2, 0) is 6.42 Å². The molecule has 0 amide bonds. The van der Waals surface area contributed by atoms with Gasteiger partial charge in [-0.1, -0.05) is 48.6 Å². The van der Waals surface area contributed by atoms with Crippen molar-refractivity contribution in [1.82, 2.24) is 0 Å². The Morgan fingerprint density at radius 1 is 1.19 bits per heavy atom. The lowest BCUT2D eigenvalue weighted by Crippen LogP contribution is -2.20. The molecule has 0 saturated carbocycles. The minimum atomic E-state index is 0.337. The monoisotopic (exact) mass is 296 g/mol. The van der Waals surface area contributed by atoms with Crippen LogP contribution in [0.4, 0.5) is 5.69 Å². The maximum absolute atomic E-state index is 5.87. The Balaban J connectivity index is 1.97. The van der Waals surface area contributed by atoms with E-state index < -0.39 is 0 Å². The Morgan fingerprint density at radius 2 is 2.00 bits per heavy atom. The molecule has 0 radical (unpaired) electrons. The average molecular weight is 296 g/mol. The molecule has 0 bridgehead atoms. The van der Waals surface area contributed by atoms with Gasteiger partial charge in [-0.25, -0.2) is 0 Å². The topological polar surface area (TPSA) is 38.0 Å². The maximum atomic E-state index is 5.87. The molecule has 1 aliphatic carbocycles. The average Bonchev–Trinajstić information content (AvgIpc) is 2.49. The zero-order valence-electron chi connectivity index (χ0n) is 12.2. The van der Waals surface area contributed by atoms with E-state index >= 15 is 0 Å². The third kappa shape index (κ3) is 2.79. The summed E-state index contributed by atoms with van der Waals surface area (Å²) in [7, 11) is 0. The van der Waals surface area contributed by atoms with Crippen LogP contribution in [-0.4, -0.2) is 4.99 Å². The number of benzene rings is 2. The Morgan fingerprint density at radius 3 is 2.81 bits per heavy atom. The summed E-state index contributed by atoms with van der Waals surface area (Å²) in [6.07, 6.45) is 3.52. The van der Waals surface area contributed by atoms with Crippen molar-refractivity contribution in [3.8, 4) is 0 Å². The molecule has 3 heteroatoms. The SMILES string of the molecule is Cc1cccc(C(N)=S)c1NC1CCCc2ccccc21. The number of hydrogen-bond donors (Lipinski definition) is 2. The van der Waals surface area contributed by atoms with Crippen molar-refractivity contribution in [1.29, 1.82) is 0 Å². The summed E-state index contributed by atoms with van der Waals surface area (Å²) in [5, 5.41) is 3.69. The molecule has 0 aliphatic heterocycles. The maximum Gasteiger partial charge on any atom is 0.106 e. The van der Waals surface area contributed by atoms with Crippen LogP contribution in [0.15, 0.2) is 42.5 Å². The van der Waals surface area contributed by atoms with Gasteiger partial charge in [0.2, 0.25) is 0 Å². The minimum Gasteiger partial charge on any atom is -0.389 e. The number of hydrogen-bond acceptors (Lipinski definition) is 2. The van der Waals surface area contributed by atoms with Gasteiger partial charge < -0.3 is 11.1 Å². The lowest BCUT2D eigenvalue weighted by molar-refractivity contribution is 0.600. The number of rotatable bonds is 3. The van der Waals surface area contributed by atoms with Crippen LogP contribution in [0.25, 0.3) is 0 Å². The molecule has 2 aromatic rings. The Hall–Kier alpha value is -1.87. The van der Waals surface area contributed by atoms with Crippen LogP contribution in [0, 0.1) is 6.92 Å². The molecule has 2 nitrogen and oxygen atoms in total. The smallest absolute Gasteiger partial charge is 0.106 e. The van der Waals surface area contributed by atoms with E-state index in [9.17, 15) is 0 Å². The number of fused-ring (bicyclic) bond motifs is 1. The first-order chi connectivity index (χ1) is 10.2. The van der Waals surface area contributed by atoms with Gasteiger partial charge in [-0.15, -0.1) is 0 Å². The first-order valence-electron chi connectivity index (χ1n) is 7.40. The van der Waals surface area contributed by atoms with Crippen molar-refractivity contribution in [3.05, 3.63) is 64.7 Å². The highest BCUT2D eigenvalue weighted by molar-refractivity contribution is 7.80. The van der Waals surface area contributed by atoms with Crippen molar-refractivity contribution >= 4 is 22.9 Å². The first kappa shape index (κ1) is 14.1. The minimum absolute atomic E-state index is 0.337. The third-order valence-electron chi connectivity index (χ3n) is 4.23. The number of aryl methyl sites for hydroxylation is 2. The summed E-state index contributed by atoms with van der Waals surface area (Å²) in [5.41, 5.74) is 11.9. The molecule has 0 saturated heterocycles. The highest BCUT2D eigenvalue weighted by atomic mass is 32.1. The van der Waals surface area contributed by atoms with Gasteiger partial charge in [0.05, 0.1) is 6.04 Å². The highest BCUT2D eigenvalue weighted by Crippen LogP contribution is 2.34. The van der Waals surface area contributed by atoms with Gasteiger partial charge in [-0.05, 0) is 48.9 Å². The Kier molecular flexibility index (Phi) is 3.93. The van der Waals surface area contributed by atoms with Crippen LogP contribution in [0.3, 0.4) is 0 Å². The van der Waals surface area contributed by atoms with Gasteiger partial charge in [0, 0.05) is 11.3 Å². The third-order valence-corrected chi connectivity index (χ3v) is 4.45. The van der Waals surface area contributed by atoms with Gasteiger partial charge in [-0.2, -0.15) is 0 Å². The van der Waals surface area contributed by atoms with Gasteiger partial charge in [0.1, 0.15) is 4.99 Å². The summed E-state index contributed by atoms with van der Waals surface area (Å²) in [6, 6.07) is 15.1. The van der Waals surface area contributed by atoms with E-state index in [1.54, 1.807) is 0 Å². The van der Waals surface area contributed by atoms with E-state index in [2.05, 4.69) is 42.6 Å². The first-order valence-corrected chi connectivity index (χ1v) is 7.81. The Bertz CT molecular complexity index is 679. The molecule has 0 aromatic heterocycles. The predicted molar refractivity (Wildman–Crippen MR) is 92.8 cm³/mol. The van der Waals surface area contributed by atoms with Crippen LogP contribution < -0.4 is 11.1 Å². The molecule has 3 N–H and O–H groups in total. The molecule has 21 heavy (non-hydrogen) atoms. The van der Waals surface area contributed by atoms with Crippen molar-refractivity contribution in [3.63, 3.8) is 0 Å². The van der Waals surface area contributed by atoms with E-state index in [0.29, 0.717) is 11.0 Å². The van der Waals surface area contributed by atoms with E-state index in [4.69, 9.17) is 18.0 Å². The lowest BCUT2D eigenvalue weighted by Gasteiger charge is -2.28. The molecule has 0 spiro atoms. The fraction of sp³-hybridized carbons (Fsp3) is 0.278. The molecule has 3 rings (SSSR count). The van der Waals surface area contributed by atoms with Crippen LogP contribution >= 0.6 is 12.2 Å². The fourth-order valence-electron chi connectivity index (χ4n) is 3.14. The number of anilines is 1. The summed E-state index contributed by atoms with van der Waals surface area (Å²) in [4.78, 5) is 0.449. The molecule has 2 aromatic carbocycles. The number of thiocarbonyl (C=S) groups is 1. The van der Waals surface area contributed by atoms with Crippen molar-refractivity contribution in [2.45, 2.75) is 32.2 Å². The van der Waals surface area contributed by atoms with Crippen molar-refractivity contribution < 1.29 is 0 Å². The normalized spacial score (nSPS) is 17.1. The standard InChI is InChI=1S/C18H20N2S/c1-12-6-4-10-15(18(19)21)17(12)20-16-11-5-8-13-7-2-3-9-14(13)16/h2-4,6-7,9-10,16,20H,5,8,11H2,1H3,(H2,19,21). The van der Waals surface area contributed by atoms with E-state index in [-0.39, 0.29) is 0 Å².